The maximum absolute atomic E-state index is 12.3. The van der Waals surface area contributed by atoms with Crippen LogP contribution in [0, 0.1) is 0 Å². The van der Waals surface area contributed by atoms with Crippen LogP contribution in [0.5, 0.6) is 0 Å². The molecule has 148 valence electrons. The lowest BCUT2D eigenvalue weighted by atomic mass is 10.2. The summed E-state index contributed by atoms with van der Waals surface area (Å²) in [5, 5.41) is 12.4. The number of carbonyl (C=O) groups excluding carboxylic acids is 2. The third kappa shape index (κ3) is 4.55. The lowest BCUT2D eigenvalue weighted by molar-refractivity contribution is -0.113. The Bertz CT molecular complexity index is 870. The van der Waals surface area contributed by atoms with Crippen molar-refractivity contribution in [1.29, 1.82) is 0 Å². The first-order chi connectivity index (χ1) is 13.5. The van der Waals surface area contributed by atoms with Gasteiger partial charge in [0.1, 0.15) is 5.82 Å². The van der Waals surface area contributed by atoms with Crippen molar-refractivity contribution in [1.82, 2.24) is 14.8 Å². The maximum Gasteiger partial charge on any atom is 0.338 e. The molecule has 2 aliphatic carbocycles. The molecule has 1 aromatic heterocycles. The quantitative estimate of drug-likeness (QED) is 0.536. The van der Waals surface area contributed by atoms with Gasteiger partial charge in [-0.25, -0.2) is 4.79 Å². The molecule has 7 nitrogen and oxygen atoms in total. The van der Waals surface area contributed by atoms with Crippen LogP contribution in [0.4, 0.5) is 5.69 Å². The summed E-state index contributed by atoms with van der Waals surface area (Å²) in [6.07, 6.45) is 4.56. The Balaban J connectivity index is 1.32. The summed E-state index contributed by atoms with van der Waals surface area (Å²) in [5.41, 5.74) is 1.11. The number of esters is 1. The molecule has 1 N–H and O–H groups in total. The molecule has 1 aromatic carbocycles. The molecule has 0 atom stereocenters. The minimum atomic E-state index is -0.366. The summed E-state index contributed by atoms with van der Waals surface area (Å²) >= 11 is 1.43. The van der Waals surface area contributed by atoms with E-state index >= 15 is 0 Å². The molecule has 2 fully saturated rings. The number of carbonyl (C=O) groups is 2. The van der Waals surface area contributed by atoms with Crippen molar-refractivity contribution in [2.45, 2.75) is 62.8 Å². The first-order valence-electron chi connectivity index (χ1n) is 9.69. The molecular formula is C20H24N4O3S. The summed E-state index contributed by atoms with van der Waals surface area (Å²) in [7, 11) is 0. The van der Waals surface area contributed by atoms with E-state index < -0.39 is 0 Å². The topological polar surface area (TPSA) is 86.1 Å². The first kappa shape index (κ1) is 19.0. The molecule has 28 heavy (non-hydrogen) atoms. The lowest BCUT2D eigenvalue weighted by Gasteiger charge is -2.10. The molecule has 0 spiro atoms. The number of hydrogen-bond donors (Lipinski definition) is 1. The van der Waals surface area contributed by atoms with Gasteiger partial charge in [-0.2, -0.15) is 0 Å². The zero-order chi connectivity index (χ0) is 19.7. The number of benzene rings is 1. The monoisotopic (exact) mass is 400 g/mol. The Morgan fingerprint density at radius 2 is 1.89 bits per heavy atom. The first-order valence-corrected chi connectivity index (χ1v) is 10.7. The van der Waals surface area contributed by atoms with Crippen LogP contribution in [0.1, 0.15) is 67.7 Å². The van der Waals surface area contributed by atoms with Gasteiger partial charge in [0.25, 0.3) is 0 Å². The number of nitrogens with one attached hydrogen (secondary N) is 1. The highest BCUT2D eigenvalue weighted by atomic mass is 32.2. The van der Waals surface area contributed by atoms with Crippen LogP contribution >= 0.6 is 11.8 Å². The van der Waals surface area contributed by atoms with E-state index in [1.54, 1.807) is 24.3 Å². The van der Waals surface area contributed by atoms with Crippen molar-refractivity contribution >= 4 is 29.3 Å². The van der Waals surface area contributed by atoms with Gasteiger partial charge >= 0.3 is 5.97 Å². The maximum atomic E-state index is 12.3. The largest absolute Gasteiger partial charge is 0.459 e. The number of nitrogens with zero attached hydrogens (tertiary/aromatic N) is 3. The van der Waals surface area contributed by atoms with E-state index in [1.165, 1.54) is 37.4 Å². The average molecular weight is 401 g/mol. The van der Waals surface area contributed by atoms with Gasteiger partial charge in [-0.1, -0.05) is 11.8 Å². The molecule has 0 saturated heterocycles. The highest BCUT2D eigenvalue weighted by molar-refractivity contribution is 7.99. The minimum absolute atomic E-state index is 0.110. The van der Waals surface area contributed by atoms with Gasteiger partial charge in [-0.05, 0) is 63.8 Å². The minimum Gasteiger partial charge on any atom is -0.459 e. The predicted octanol–water partition coefficient (Wildman–Crippen LogP) is 3.79. The molecule has 2 aliphatic rings. The van der Waals surface area contributed by atoms with Crippen LogP contribution < -0.4 is 5.32 Å². The summed E-state index contributed by atoms with van der Waals surface area (Å²) in [4.78, 5) is 24.2. The molecule has 1 amide bonds. The van der Waals surface area contributed by atoms with Crippen molar-refractivity contribution in [3.05, 3.63) is 35.7 Å². The fourth-order valence-corrected chi connectivity index (χ4v) is 3.79. The molecule has 8 heteroatoms. The Kier molecular flexibility index (Phi) is 5.39. The number of aromatic nitrogens is 3. The van der Waals surface area contributed by atoms with Crippen LogP contribution in [0.2, 0.25) is 0 Å². The second-order valence-corrected chi connectivity index (χ2v) is 8.53. The molecule has 0 radical (unpaired) electrons. The van der Waals surface area contributed by atoms with Gasteiger partial charge in [0.15, 0.2) is 5.16 Å². The number of amides is 1. The van der Waals surface area contributed by atoms with Gasteiger partial charge in [0, 0.05) is 17.6 Å². The van der Waals surface area contributed by atoms with Gasteiger partial charge in [0.05, 0.1) is 17.4 Å². The van der Waals surface area contributed by atoms with E-state index in [-0.39, 0.29) is 23.7 Å². The molecule has 0 unspecified atom stereocenters. The summed E-state index contributed by atoms with van der Waals surface area (Å²) < 4.78 is 7.40. The summed E-state index contributed by atoms with van der Waals surface area (Å²) in [5.74, 6) is 1.44. The van der Waals surface area contributed by atoms with E-state index in [2.05, 4.69) is 20.1 Å². The van der Waals surface area contributed by atoms with Crippen LogP contribution in [-0.2, 0) is 9.53 Å². The molecule has 2 saturated carbocycles. The SMILES string of the molecule is CC(C)OC(=O)c1ccc(NC(=O)CSc2nnc(C3CC3)n2C2CC2)cc1. The Morgan fingerprint density at radius 3 is 2.50 bits per heavy atom. The highest BCUT2D eigenvalue weighted by Gasteiger charge is 2.36. The van der Waals surface area contributed by atoms with Crippen molar-refractivity contribution in [3.8, 4) is 0 Å². The molecule has 1 heterocycles. The third-order valence-corrected chi connectivity index (χ3v) is 5.57. The normalized spacial score (nSPS) is 16.2. The van der Waals surface area contributed by atoms with Crippen LogP contribution in [0.25, 0.3) is 0 Å². The molecule has 0 aliphatic heterocycles. The summed E-state index contributed by atoms with van der Waals surface area (Å²) in [6, 6.07) is 7.22. The fourth-order valence-electron chi connectivity index (χ4n) is 2.98. The number of thioether (sulfide) groups is 1. The highest BCUT2D eigenvalue weighted by Crippen LogP contribution is 2.45. The van der Waals surface area contributed by atoms with E-state index in [4.69, 9.17) is 4.74 Å². The smallest absolute Gasteiger partial charge is 0.338 e. The van der Waals surface area contributed by atoms with Crippen molar-refractivity contribution in [3.63, 3.8) is 0 Å². The predicted molar refractivity (Wildman–Crippen MR) is 107 cm³/mol. The second kappa shape index (κ2) is 7.95. The van der Waals surface area contributed by atoms with Crippen molar-refractivity contribution in [2.75, 3.05) is 11.1 Å². The number of rotatable bonds is 8. The zero-order valence-electron chi connectivity index (χ0n) is 16.1. The molecule has 2 aromatic rings. The summed E-state index contributed by atoms with van der Waals surface area (Å²) in [6.45, 7) is 3.61. The van der Waals surface area contributed by atoms with Gasteiger partial charge in [-0.3, -0.25) is 4.79 Å². The third-order valence-electron chi connectivity index (χ3n) is 4.62. The van der Waals surface area contributed by atoms with Gasteiger partial charge in [-0.15, -0.1) is 10.2 Å². The van der Waals surface area contributed by atoms with Gasteiger partial charge < -0.3 is 14.6 Å². The second-order valence-electron chi connectivity index (χ2n) is 7.58. The Labute approximate surface area is 168 Å². The van der Waals surface area contributed by atoms with Gasteiger partial charge in [0.2, 0.25) is 5.91 Å². The number of ether oxygens (including phenoxy) is 1. The van der Waals surface area contributed by atoms with E-state index in [0.29, 0.717) is 23.2 Å². The van der Waals surface area contributed by atoms with Crippen LogP contribution in [-0.4, -0.2) is 38.5 Å². The van der Waals surface area contributed by atoms with E-state index in [1.807, 2.05) is 13.8 Å². The standard InChI is InChI=1S/C20H24N4O3S/c1-12(2)27-19(26)14-5-7-15(8-6-14)21-17(25)11-28-20-23-22-18(13-3-4-13)24(20)16-9-10-16/h5-8,12-13,16H,3-4,9-11H2,1-2H3,(H,21,25). The fraction of sp³-hybridized carbons (Fsp3) is 0.500. The Hall–Kier alpha value is -2.35. The van der Waals surface area contributed by atoms with E-state index in [9.17, 15) is 9.59 Å². The Morgan fingerprint density at radius 1 is 1.18 bits per heavy atom. The van der Waals surface area contributed by atoms with Crippen molar-refractivity contribution in [2.24, 2.45) is 0 Å². The van der Waals surface area contributed by atoms with Crippen LogP contribution in [0.3, 0.4) is 0 Å². The lowest BCUT2D eigenvalue weighted by Crippen LogP contribution is -2.15. The van der Waals surface area contributed by atoms with Crippen LogP contribution in [0.15, 0.2) is 29.4 Å². The molecule has 0 bridgehead atoms. The molecule has 4 rings (SSSR count). The van der Waals surface area contributed by atoms with E-state index in [0.717, 1.165) is 11.0 Å². The number of hydrogen-bond acceptors (Lipinski definition) is 6. The average Bonchev–Trinajstić information content (AvgIpc) is 3.58. The zero-order valence-corrected chi connectivity index (χ0v) is 16.9. The molecular weight excluding hydrogens is 376 g/mol. The number of anilines is 1. The van der Waals surface area contributed by atoms with Crippen molar-refractivity contribution < 1.29 is 14.3 Å².